The average molecular weight is 440 g/mol. The molecule has 0 aliphatic carbocycles. The van der Waals surface area contributed by atoms with Crippen LogP contribution in [0.25, 0.3) is 0 Å². The number of hydrogen-bond donors (Lipinski definition) is 2. The van der Waals surface area contributed by atoms with Gasteiger partial charge in [0.2, 0.25) is 0 Å². The molecule has 0 bridgehead atoms. The third-order valence-electron chi connectivity index (χ3n) is 4.92. The zero-order valence-corrected chi connectivity index (χ0v) is 17.1. The molecule has 1 saturated heterocycles. The van der Waals surface area contributed by atoms with Gasteiger partial charge in [-0.1, -0.05) is 6.07 Å². The van der Waals surface area contributed by atoms with E-state index in [9.17, 15) is 27.1 Å². The highest BCUT2D eigenvalue weighted by Crippen LogP contribution is 2.35. The number of carbonyl (C=O) groups is 1. The molecule has 162 valence electrons. The Balaban J connectivity index is 2.08. The number of benzene rings is 2. The second kappa shape index (κ2) is 8.86. The van der Waals surface area contributed by atoms with Crippen LogP contribution in [0.15, 0.2) is 41.3 Å². The number of nitrogens with one attached hydrogen (secondary N) is 1. The van der Waals surface area contributed by atoms with Crippen molar-refractivity contribution in [2.45, 2.75) is 30.6 Å². The summed E-state index contributed by atoms with van der Waals surface area (Å²) in [5.41, 5.74) is -0.332. The highest BCUT2D eigenvalue weighted by Gasteiger charge is 2.26. The Bertz CT molecular complexity index is 1040. The lowest BCUT2D eigenvalue weighted by Crippen LogP contribution is -2.30. The molecule has 2 N–H and O–H groups in total. The first-order valence-corrected chi connectivity index (χ1v) is 10.8. The number of hydrogen-bond acceptors (Lipinski definition) is 5. The van der Waals surface area contributed by atoms with Crippen LogP contribution in [0.5, 0.6) is 5.75 Å². The Labute approximate surface area is 173 Å². The van der Waals surface area contributed by atoms with Crippen LogP contribution >= 0.6 is 0 Å². The zero-order valence-electron chi connectivity index (χ0n) is 16.3. The first kappa shape index (κ1) is 21.8. The predicted molar refractivity (Wildman–Crippen MR) is 108 cm³/mol. The number of anilines is 2. The van der Waals surface area contributed by atoms with Crippen molar-refractivity contribution in [2.24, 2.45) is 0 Å². The Kier molecular flexibility index (Phi) is 6.45. The van der Waals surface area contributed by atoms with Gasteiger partial charge in [0.05, 0.1) is 24.0 Å². The number of sulfonamides is 1. The van der Waals surface area contributed by atoms with Crippen LogP contribution in [0, 0.1) is 0 Å². The van der Waals surface area contributed by atoms with Crippen molar-refractivity contribution in [2.75, 3.05) is 29.8 Å². The molecule has 30 heavy (non-hydrogen) atoms. The molecule has 0 aromatic heterocycles. The summed E-state index contributed by atoms with van der Waals surface area (Å²) >= 11 is 0. The van der Waals surface area contributed by atoms with Gasteiger partial charge in [-0.3, -0.25) is 4.72 Å². The molecule has 0 radical (unpaired) electrons. The molecule has 0 amide bonds. The van der Waals surface area contributed by atoms with Crippen molar-refractivity contribution in [1.82, 2.24) is 0 Å². The first-order valence-electron chi connectivity index (χ1n) is 9.34. The molecule has 10 heteroatoms. The second-order valence-corrected chi connectivity index (χ2v) is 8.55. The monoisotopic (exact) mass is 440 g/mol. The molecule has 0 atom stereocenters. The maximum Gasteiger partial charge on any atom is 0.337 e. The quantitative estimate of drug-likeness (QED) is 0.672. The van der Waals surface area contributed by atoms with Crippen molar-refractivity contribution in [1.29, 1.82) is 0 Å². The van der Waals surface area contributed by atoms with Gasteiger partial charge in [0.25, 0.3) is 16.4 Å². The van der Waals surface area contributed by atoms with Gasteiger partial charge in [0, 0.05) is 24.7 Å². The Hall–Kier alpha value is -2.88. The number of carboxylic acid groups (broad SMARTS) is 1. The normalized spacial score (nSPS) is 14.6. The molecule has 0 saturated carbocycles. The van der Waals surface area contributed by atoms with Crippen molar-refractivity contribution in [3.8, 4) is 5.75 Å². The summed E-state index contributed by atoms with van der Waals surface area (Å²) in [5.74, 6) is -1.28. The highest BCUT2D eigenvalue weighted by atomic mass is 32.2. The molecule has 1 aliphatic rings. The number of halogens is 2. The van der Waals surface area contributed by atoms with Crippen LogP contribution in [0.2, 0.25) is 0 Å². The Morgan fingerprint density at radius 2 is 1.83 bits per heavy atom. The number of alkyl halides is 2. The Morgan fingerprint density at radius 1 is 1.13 bits per heavy atom. The summed E-state index contributed by atoms with van der Waals surface area (Å²) < 4.78 is 60.0. The summed E-state index contributed by atoms with van der Waals surface area (Å²) in [6.07, 6.45) is 0.0670. The van der Waals surface area contributed by atoms with E-state index in [1.165, 1.54) is 25.3 Å². The fraction of sp³-hybridized carbons (Fsp3) is 0.350. The van der Waals surface area contributed by atoms with Crippen LogP contribution in [0.4, 0.5) is 20.2 Å². The number of methoxy groups -OCH3 is 1. The van der Waals surface area contributed by atoms with Crippen molar-refractivity contribution in [3.63, 3.8) is 0 Å². The van der Waals surface area contributed by atoms with Gasteiger partial charge >= 0.3 is 5.97 Å². The third-order valence-corrected chi connectivity index (χ3v) is 6.33. The number of piperidine rings is 1. The minimum absolute atomic E-state index is 0.0196. The molecule has 1 aliphatic heterocycles. The minimum Gasteiger partial charge on any atom is -0.497 e. The van der Waals surface area contributed by atoms with E-state index in [2.05, 4.69) is 4.72 Å². The summed E-state index contributed by atoms with van der Waals surface area (Å²) in [6.45, 7) is 1.34. The van der Waals surface area contributed by atoms with E-state index in [0.717, 1.165) is 37.5 Å². The maximum absolute atomic E-state index is 13.3. The van der Waals surface area contributed by atoms with E-state index in [1.54, 1.807) is 0 Å². The maximum atomic E-state index is 13.3. The fourth-order valence-corrected chi connectivity index (χ4v) is 4.69. The van der Waals surface area contributed by atoms with E-state index in [4.69, 9.17) is 4.74 Å². The van der Waals surface area contributed by atoms with Crippen molar-refractivity contribution < 1.29 is 31.8 Å². The standard InChI is InChI=1S/C20H22F2N2O5S/c1-29-14-6-7-15(20(25)26)18(12-14)30(27,28)23-16-11-13(19(21)22)5-8-17(16)24-9-3-2-4-10-24/h5-8,11-12,19,23H,2-4,9-10H2,1H3,(H,25,26). The van der Waals surface area contributed by atoms with Crippen LogP contribution in [-0.2, 0) is 10.0 Å². The van der Waals surface area contributed by atoms with E-state index in [-0.39, 0.29) is 17.0 Å². The van der Waals surface area contributed by atoms with Crippen LogP contribution < -0.4 is 14.4 Å². The van der Waals surface area contributed by atoms with Gasteiger partial charge in [-0.15, -0.1) is 0 Å². The third kappa shape index (κ3) is 4.64. The lowest BCUT2D eigenvalue weighted by Gasteiger charge is -2.31. The summed E-state index contributed by atoms with van der Waals surface area (Å²) in [4.78, 5) is 13.0. The van der Waals surface area contributed by atoms with Gasteiger partial charge in [-0.2, -0.15) is 0 Å². The summed E-state index contributed by atoms with van der Waals surface area (Å²) in [5, 5.41) is 9.39. The van der Waals surface area contributed by atoms with E-state index in [0.29, 0.717) is 18.8 Å². The zero-order chi connectivity index (χ0) is 21.9. The lowest BCUT2D eigenvalue weighted by atomic mass is 10.1. The fourth-order valence-electron chi connectivity index (χ4n) is 3.41. The van der Waals surface area contributed by atoms with Gasteiger partial charge in [0.1, 0.15) is 10.6 Å². The average Bonchev–Trinajstić information content (AvgIpc) is 2.73. The molecule has 0 spiro atoms. The van der Waals surface area contributed by atoms with Gasteiger partial charge in [0.15, 0.2) is 0 Å². The molecule has 7 nitrogen and oxygen atoms in total. The van der Waals surface area contributed by atoms with E-state index < -0.39 is 32.9 Å². The minimum atomic E-state index is -4.41. The molecule has 1 heterocycles. The number of rotatable bonds is 7. The van der Waals surface area contributed by atoms with Gasteiger partial charge in [-0.25, -0.2) is 22.0 Å². The lowest BCUT2D eigenvalue weighted by molar-refractivity contribution is 0.0692. The number of ether oxygens (including phenoxy) is 1. The van der Waals surface area contributed by atoms with Crippen LogP contribution in [0.1, 0.15) is 41.6 Å². The first-order chi connectivity index (χ1) is 14.2. The largest absolute Gasteiger partial charge is 0.497 e. The van der Waals surface area contributed by atoms with Crippen LogP contribution in [-0.4, -0.2) is 39.7 Å². The molecule has 1 fully saturated rings. The molecule has 0 unspecified atom stereocenters. The number of carboxylic acids is 1. The molecule has 2 aromatic carbocycles. The van der Waals surface area contributed by atoms with E-state index in [1.807, 2.05) is 4.90 Å². The number of aromatic carboxylic acids is 1. The second-order valence-electron chi connectivity index (χ2n) is 6.90. The van der Waals surface area contributed by atoms with Crippen LogP contribution in [0.3, 0.4) is 0 Å². The molecule has 2 aromatic rings. The molecular formula is C20H22F2N2O5S. The number of nitrogens with zero attached hydrogens (tertiary/aromatic N) is 1. The van der Waals surface area contributed by atoms with Gasteiger partial charge < -0.3 is 14.7 Å². The van der Waals surface area contributed by atoms with Crippen molar-refractivity contribution in [3.05, 3.63) is 47.5 Å². The SMILES string of the molecule is COc1ccc(C(=O)O)c(S(=O)(=O)Nc2cc(C(F)F)ccc2N2CCCCC2)c1. The van der Waals surface area contributed by atoms with Gasteiger partial charge in [-0.05, 0) is 43.5 Å². The summed E-state index contributed by atoms with van der Waals surface area (Å²) in [7, 11) is -3.09. The Morgan fingerprint density at radius 3 is 2.43 bits per heavy atom. The summed E-state index contributed by atoms with van der Waals surface area (Å²) in [6, 6.07) is 7.36. The highest BCUT2D eigenvalue weighted by molar-refractivity contribution is 7.92. The van der Waals surface area contributed by atoms with Crippen molar-refractivity contribution >= 4 is 27.4 Å². The molecular weight excluding hydrogens is 418 g/mol. The van der Waals surface area contributed by atoms with E-state index >= 15 is 0 Å². The molecule has 3 rings (SSSR count). The topological polar surface area (TPSA) is 95.9 Å². The predicted octanol–water partition coefficient (Wildman–Crippen LogP) is 4.12. The smallest absolute Gasteiger partial charge is 0.337 e.